The van der Waals surface area contributed by atoms with Crippen LogP contribution in [-0.4, -0.2) is 22.5 Å². The van der Waals surface area contributed by atoms with Crippen LogP contribution in [0.2, 0.25) is 5.02 Å². The molecule has 28 heavy (non-hydrogen) atoms. The molecule has 1 aromatic heterocycles. The quantitative estimate of drug-likeness (QED) is 0.699. The minimum Gasteiger partial charge on any atom is -0.479 e. The molecule has 1 atom stereocenters. The number of carbonyl (C=O) groups excluding carboxylic acids is 2. The first-order chi connectivity index (χ1) is 13.4. The van der Waals surface area contributed by atoms with E-state index in [1.807, 2.05) is 0 Å². The number of oxazole rings is 1. The molecule has 0 saturated heterocycles. The Morgan fingerprint density at radius 3 is 2.89 bits per heavy atom. The molecule has 144 valence electrons. The number of nitrogens with zero attached hydrogens (tertiary/aromatic N) is 1. The molecule has 0 unspecified atom stereocenters. The van der Waals surface area contributed by atoms with Crippen LogP contribution in [0.3, 0.4) is 0 Å². The van der Waals surface area contributed by atoms with Crippen molar-refractivity contribution in [1.82, 2.24) is 4.57 Å². The van der Waals surface area contributed by atoms with Gasteiger partial charge >= 0.3 is 5.76 Å². The molecule has 0 saturated carbocycles. The maximum absolute atomic E-state index is 12.3. The summed E-state index contributed by atoms with van der Waals surface area (Å²) in [5, 5.41) is 5.93. The van der Waals surface area contributed by atoms with E-state index in [2.05, 4.69) is 10.6 Å². The van der Waals surface area contributed by atoms with Crippen LogP contribution >= 0.6 is 11.6 Å². The van der Waals surface area contributed by atoms with Gasteiger partial charge < -0.3 is 19.8 Å². The van der Waals surface area contributed by atoms with Crippen molar-refractivity contribution < 1.29 is 18.7 Å². The highest BCUT2D eigenvalue weighted by Gasteiger charge is 2.23. The van der Waals surface area contributed by atoms with Crippen LogP contribution < -0.4 is 21.1 Å². The molecule has 1 aliphatic heterocycles. The Bertz CT molecular complexity index is 1150. The van der Waals surface area contributed by atoms with E-state index in [0.29, 0.717) is 33.2 Å². The lowest BCUT2D eigenvalue weighted by molar-refractivity contribution is -0.122. The average molecular weight is 402 g/mol. The number of aromatic nitrogens is 1. The average Bonchev–Trinajstić information content (AvgIpc) is 2.95. The van der Waals surface area contributed by atoms with Crippen molar-refractivity contribution in [2.24, 2.45) is 0 Å². The molecule has 1 aliphatic rings. The summed E-state index contributed by atoms with van der Waals surface area (Å²) >= 11 is 5.89. The van der Waals surface area contributed by atoms with Gasteiger partial charge in [-0.1, -0.05) is 11.6 Å². The summed E-state index contributed by atoms with van der Waals surface area (Å²) in [6, 6.07) is 9.87. The van der Waals surface area contributed by atoms with E-state index in [0.717, 1.165) is 0 Å². The fraction of sp³-hybridized carbons (Fsp3) is 0.211. The molecule has 9 heteroatoms. The third kappa shape index (κ3) is 3.46. The smallest absolute Gasteiger partial charge is 0.419 e. The lowest BCUT2D eigenvalue weighted by Crippen LogP contribution is -2.34. The predicted octanol–water partition coefficient (Wildman–Crippen LogP) is 3.00. The number of fused-ring (bicyclic) bond motifs is 2. The molecule has 2 aromatic carbocycles. The molecule has 3 aromatic rings. The zero-order valence-electron chi connectivity index (χ0n) is 14.8. The molecular formula is C19H16ClN3O5. The van der Waals surface area contributed by atoms with Gasteiger partial charge in [-0.15, -0.1) is 0 Å². The number of anilines is 2. The number of halogens is 1. The van der Waals surface area contributed by atoms with Gasteiger partial charge in [-0.2, -0.15) is 0 Å². The van der Waals surface area contributed by atoms with Gasteiger partial charge in [0, 0.05) is 29.7 Å². The van der Waals surface area contributed by atoms with Crippen molar-refractivity contribution in [2.75, 3.05) is 10.6 Å². The van der Waals surface area contributed by atoms with Crippen LogP contribution in [0.25, 0.3) is 11.1 Å². The van der Waals surface area contributed by atoms with E-state index < -0.39 is 11.9 Å². The lowest BCUT2D eigenvalue weighted by Gasteiger charge is -2.23. The first kappa shape index (κ1) is 18.1. The van der Waals surface area contributed by atoms with Crippen LogP contribution in [0, 0.1) is 0 Å². The minimum absolute atomic E-state index is 0.0636. The van der Waals surface area contributed by atoms with E-state index in [1.54, 1.807) is 43.3 Å². The summed E-state index contributed by atoms with van der Waals surface area (Å²) in [6.45, 7) is 1.81. The molecule has 2 N–H and O–H groups in total. The third-order valence-electron chi connectivity index (χ3n) is 4.39. The van der Waals surface area contributed by atoms with Crippen LogP contribution in [0.1, 0.15) is 13.3 Å². The van der Waals surface area contributed by atoms with Crippen molar-refractivity contribution in [3.05, 3.63) is 52.0 Å². The van der Waals surface area contributed by atoms with E-state index >= 15 is 0 Å². The fourth-order valence-corrected chi connectivity index (χ4v) is 3.14. The molecule has 0 aliphatic carbocycles. The van der Waals surface area contributed by atoms with Crippen molar-refractivity contribution in [3.63, 3.8) is 0 Å². The van der Waals surface area contributed by atoms with Gasteiger partial charge in [0.2, 0.25) is 5.91 Å². The van der Waals surface area contributed by atoms with Crippen molar-refractivity contribution in [3.8, 4) is 5.75 Å². The van der Waals surface area contributed by atoms with E-state index in [9.17, 15) is 14.4 Å². The molecular weight excluding hydrogens is 386 g/mol. The molecule has 0 spiro atoms. The van der Waals surface area contributed by atoms with Gasteiger partial charge in [-0.25, -0.2) is 4.79 Å². The first-order valence-electron chi connectivity index (χ1n) is 8.61. The van der Waals surface area contributed by atoms with E-state index in [-0.39, 0.29) is 24.8 Å². The summed E-state index contributed by atoms with van der Waals surface area (Å²) in [7, 11) is 0. The summed E-state index contributed by atoms with van der Waals surface area (Å²) in [4.78, 5) is 36.0. The second-order valence-electron chi connectivity index (χ2n) is 6.39. The van der Waals surface area contributed by atoms with Gasteiger partial charge in [-0.05, 0) is 37.3 Å². The van der Waals surface area contributed by atoms with Gasteiger partial charge in [0.05, 0.1) is 11.2 Å². The van der Waals surface area contributed by atoms with Crippen LogP contribution in [0.5, 0.6) is 5.75 Å². The van der Waals surface area contributed by atoms with Crippen LogP contribution in [-0.2, 0) is 16.1 Å². The Morgan fingerprint density at radius 1 is 1.25 bits per heavy atom. The summed E-state index contributed by atoms with van der Waals surface area (Å²) in [5.74, 6) is -0.540. The number of rotatable bonds is 4. The first-order valence-corrected chi connectivity index (χ1v) is 8.99. The zero-order valence-corrected chi connectivity index (χ0v) is 15.6. The Morgan fingerprint density at radius 2 is 2.07 bits per heavy atom. The normalized spacial score (nSPS) is 15.6. The standard InChI is InChI=1S/C19H16ClN3O5/c1-10-18(25)22-13-9-12(3-5-15(13)27-10)21-17(24)6-7-23-14-4-2-11(20)8-16(14)28-19(23)26/h2-5,8-10H,6-7H2,1H3,(H,21,24)(H,22,25)/t10-/m0/s1. The topological polar surface area (TPSA) is 103 Å². The molecule has 0 fully saturated rings. The number of amides is 2. The SMILES string of the molecule is C[C@@H]1Oc2ccc(NC(=O)CCn3c(=O)oc4cc(Cl)ccc43)cc2NC1=O. The Balaban J connectivity index is 1.44. The van der Waals surface area contributed by atoms with Crippen LogP contribution in [0.4, 0.5) is 11.4 Å². The number of hydrogen-bond acceptors (Lipinski definition) is 5. The summed E-state index contributed by atoms with van der Waals surface area (Å²) < 4.78 is 12.0. The minimum atomic E-state index is -0.564. The largest absolute Gasteiger partial charge is 0.479 e. The maximum Gasteiger partial charge on any atom is 0.419 e. The predicted molar refractivity (Wildman–Crippen MR) is 104 cm³/mol. The number of benzene rings is 2. The van der Waals surface area contributed by atoms with Gasteiger partial charge in [0.1, 0.15) is 5.75 Å². The fourth-order valence-electron chi connectivity index (χ4n) is 2.98. The van der Waals surface area contributed by atoms with Crippen molar-refractivity contribution >= 4 is 45.9 Å². The highest BCUT2D eigenvalue weighted by atomic mass is 35.5. The van der Waals surface area contributed by atoms with Gasteiger partial charge in [0.15, 0.2) is 11.7 Å². The molecule has 2 heterocycles. The van der Waals surface area contributed by atoms with Crippen molar-refractivity contribution in [1.29, 1.82) is 0 Å². The second kappa shape index (κ2) is 7.05. The number of nitrogens with one attached hydrogen (secondary N) is 2. The maximum atomic E-state index is 12.3. The zero-order chi connectivity index (χ0) is 19.8. The molecule has 8 nitrogen and oxygen atoms in total. The molecule has 0 radical (unpaired) electrons. The number of ether oxygens (including phenoxy) is 1. The third-order valence-corrected chi connectivity index (χ3v) is 4.62. The Labute approximate surface area is 164 Å². The van der Waals surface area contributed by atoms with E-state index in [1.165, 1.54) is 4.57 Å². The number of aryl methyl sites for hydroxylation is 1. The molecule has 0 bridgehead atoms. The van der Waals surface area contributed by atoms with Crippen LogP contribution in [0.15, 0.2) is 45.6 Å². The van der Waals surface area contributed by atoms with Gasteiger partial charge in [0.25, 0.3) is 5.91 Å². The van der Waals surface area contributed by atoms with Gasteiger partial charge in [-0.3, -0.25) is 14.2 Å². The van der Waals surface area contributed by atoms with Crippen molar-refractivity contribution in [2.45, 2.75) is 26.0 Å². The second-order valence-corrected chi connectivity index (χ2v) is 6.83. The monoisotopic (exact) mass is 401 g/mol. The number of hydrogen-bond donors (Lipinski definition) is 2. The van der Waals surface area contributed by atoms with E-state index in [4.69, 9.17) is 20.8 Å². The molecule has 2 amide bonds. The highest BCUT2D eigenvalue weighted by molar-refractivity contribution is 6.31. The highest BCUT2D eigenvalue weighted by Crippen LogP contribution is 2.32. The summed E-state index contributed by atoms with van der Waals surface area (Å²) in [6.07, 6.45) is -0.500. The molecule has 4 rings (SSSR count). The lowest BCUT2D eigenvalue weighted by atomic mass is 10.2. The number of carbonyl (C=O) groups is 2. The Kier molecular flexibility index (Phi) is 4.56. The summed E-state index contributed by atoms with van der Waals surface area (Å²) in [5.41, 5.74) is 1.95. The Hall–Kier alpha value is -3.26.